The van der Waals surface area contributed by atoms with Crippen molar-refractivity contribution in [1.29, 1.82) is 0 Å². The zero-order valence-corrected chi connectivity index (χ0v) is 16.9. The third kappa shape index (κ3) is 3.17. The maximum absolute atomic E-state index is 13.4. The molecule has 1 unspecified atom stereocenters. The predicted octanol–water partition coefficient (Wildman–Crippen LogP) is 2.20. The lowest BCUT2D eigenvalue weighted by Crippen LogP contribution is -2.38. The number of hydrogen-bond acceptors (Lipinski definition) is 5. The van der Waals surface area contributed by atoms with E-state index in [1.807, 2.05) is 37.3 Å². The number of aromatic nitrogens is 3. The van der Waals surface area contributed by atoms with Crippen LogP contribution in [0.2, 0.25) is 0 Å². The normalized spacial score (nSPS) is 18.5. The van der Waals surface area contributed by atoms with Gasteiger partial charge in [-0.25, -0.2) is 13.4 Å². The first-order chi connectivity index (χ1) is 13.3. The summed E-state index contributed by atoms with van der Waals surface area (Å²) in [5, 5.41) is 5.14. The van der Waals surface area contributed by atoms with Gasteiger partial charge in [-0.3, -0.25) is 9.48 Å². The van der Waals surface area contributed by atoms with E-state index in [2.05, 4.69) is 5.10 Å². The van der Waals surface area contributed by atoms with Crippen molar-refractivity contribution in [3.05, 3.63) is 47.7 Å². The number of hydrogen-bond donors (Lipinski definition) is 0. The minimum atomic E-state index is -3.08. The number of sulfone groups is 1. The third-order valence-corrected chi connectivity index (χ3v) is 7.10. The van der Waals surface area contributed by atoms with Crippen LogP contribution in [-0.2, 0) is 16.9 Å². The predicted molar refractivity (Wildman–Crippen MR) is 108 cm³/mol. The van der Waals surface area contributed by atoms with Gasteiger partial charge in [0.15, 0.2) is 15.5 Å². The number of carbonyl (C=O) groups is 1. The highest BCUT2D eigenvalue weighted by Crippen LogP contribution is 2.28. The maximum Gasteiger partial charge on any atom is 0.254 e. The molecule has 3 heterocycles. The molecule has 0 radical (unpaired) electrons. The molecule has 1 amide bonds. The van der Waals surface area contributed by atoms with Gasteiger partial charge >= 0.3 is 0 Å². The summed E-state index contributed by atoms with van der Waals surface area (Å²) in [6.07, 6.45) is 0.469. The van der Waals surface area contributed by atoms with Crippen molar-refractivity contribution < 1.29 is 13.2 Å². The molecule has 1 aliphatic rings. The zero-order valence-electron chi connectivity index (χ0n) is 16.1. The molecule has 1 fully saturated rings. The van der Waals surface area contributed by atoms with E-state index < -0.39 is 9.84 Å². The Morgan fingerprint density at radius 1 is 1.25 bits per heavy atom. The molecular weight excluding hydrogens is 376 g/mol. The minimum Gasteiger partial charge on any atom is -0.338 e. The first-order valence-corrected chi connectivity index (χ1v) is 11.0. The highest BCUT2D eigenvalue weighted by Gasteiger charge is 2.34. The summed E-state index contributed by atoms with van der Waals surface area (Å²) in [4.78, 5) is 19.6. The van der Waals surface area contributed by atoms with Crippen LogP contribution in [0.15, 0.2) is 36.4 Å². The van der Waals surface area contributed by atoms with Crippen LogP contribution in [0.25, 0.3) is 22.3 Å². The molecule has 0 aliphatic carbocycles. The fourth-order valence-electron chi connectivity index (χ4n) is 3.81. The number of benzene rings is 1. The Kier molecular flexibility index (Phi) is 4.45. The molecule has 3 aromatic rings. The van der Waals surface area contributed by atoms with Crippen molar-refractivity contribution in [2.75, 3.05) is 18.6 Å². The van der Waals surface area contributed by atoms with Crippen LogP contribution in [0.1, 0.15) is 22.5 Å². The van der Waals surface area contributed by atoms with Crippen LogP contribution in [0, 0.1) is 6.92 Å². The van der Waals surface area contributed by atoms with Gasteiger partial charge in [0.25, 0.3) is 5.91 Å². The van der Waals surface area contributed by atoms with E-state index in [9.17, 15) is 13.2 Å². The highest BCUT2D eigenvalue weighted by atomic mass is 32.2. The fraction of sp³-hybridized carbons (Fsp3) is 0.350. The molecule has 1 saturated heterocycles. The lowest BCUT2D eigenvalue weighted by Gasteiger charge is -2.24. The summed E-state index contributed by atoms with van der Waals surface area (Å²) in [5.41, 5.74) is 3.45. The first-order valence-electron chi connectivity index (χ1n) is 9.14. The second-order valence-corrected chi connectivity index (χ2v) is 9.53. The Bertz CT molecular complexity index is 1170. The summed E-state index contributed by atoms with van der Waals surface area (Å²) in [6, 6.07) is 11.1. The Balaban J connectivity index is 1.84. The SMILES string of the molecule is Cc1nn(C)c2nc(-c3ccccc3)cc(C(=O)N(C)C3CCS(=O)(=O)C3)c12. The van der Waals surface area contributed by atoms with Crippen molar-refractivity contribution in [3.8, 4) is 11.3 Å². The Morgan fingerprint density at radius 3 is 2.61 bits per heavy atom. The van der Waals surface area contributed by atoms with Crippen molar-refractivity contribution in [2.24, 2.45) is 7.05 Å². The van der Waals surface area contributed by atoms with E-state index in [0.29, 0.717) is 28.7 Å². The number of aryl methyl sites for hydroxylation is 2. The summed E-state index contributed by atoms with van der Waals surface area (Å²) in [6.45, 7) is 1.85. The van der Waals surface area contributed by atoms with Crippen LogP contribution in [-0.4, -0.2) is 58.6 Å². The molecule has 146 valence electrons. The molecule has 1 aromatic carbocycles. The molecule has 1 atom stereocenters. The topological polar surface area (TPSA) is 85.2 Å². The molecule has 4 rings (SSSR count). The van der Waals surface area contributed by atoms with Gasteiger partial charge in [-0.2, -0.15) is 5.10 Å². The van der Waals surface area contributed by atoms with E-state index in [0.717, 1.165) is 11.3 Å². The van der Waals surface area contributed by atoms with Crippen molar-refractivity contribution in [1.82, 2.24) is 19.7 Å². The minimum absolute atomic E-state index is 0.0149. The third-order valence-electron chi connectivity index (χ3n) is 5.35. The number of pyridine rings is 1. The van der Waals surface area contributed by atoms with E-state index in [-0.39, 0.29) is 23.5 Å². The molecule has 1 aliphatic heterocycles. The number of nitrogens with zero attached hydrogens (tertiary/aromatic N) is 4. The van der Waals surface area contributed by atoms with Crippen molar-refractivity contribution in [3.63, 3.8) is 0 Å². The van der Waals surface area contributed by atoms with Crippen LogP contribution < -0.4 is 0 Å². The second-order valence-electron chi connectivity index (χ2n) is 7.30. The molecule has 0 bridgehead atoms. The molecular formula is C20H22N4O3S. The smallest absolute Gasteiger partial charge is 0.254 e. The van der Waals surface area contributed by atoms with Crippen LogP contribution in [0.5, 0.6) is 0 Å². The first kappa shape index (κ1) is 18.6. The lowest BCUT2D eigenvalue weighted by atomic mass is 10.0. The second kappa shape index (κ2) is 6.70. The number of carbonyl (C=O) groups excluding carboxylic acids is 1. The Morgan fingerprint density at radius 2 is 1.96 bits per heavy atom. The quantitative estimate of drug-likeness (QED) is 0.675. The van der Waals surface area contributed by atoms with E-state index >= 15 is 0 Å². The fourth-order valence-corrected chi connectivity index (χ4v) is 5.58. The molecule has 2 aromatic heterocycles. The standard InChI is InChI=1S/C20H22N4O3S/c1-13-18-16(20(25)23(2)15-9-10-28(26,27)12-15)11-17(14-7-5-4-6-8-14)21-19(18)24(3)22-13/h4-8,11,15H,9-10,12H2,1-3H3. The Hall–Kier alpha value is -2.74. The average Bonchev–Trinajstić information content (AvgIpc) is 3.19. The summed E-state index contributed by atoms with van der Waals surface area (Å²) >= 11 is 0. The number of fused-ring (bicyclic) bond motifs is 1. The van der Waals surface area contributed by atoms with Crippen LogP contribution in [0.3, 0.4) is 0 Å². The van der Waals surface area contributed by atoms with E-state index in [1.54, 1.807) is 29.7 Å². The number of amides is 1. The molecule has 28 heavy (non-hydrogen) atoms. The maximum atomic E-state index is 13.4. The monoisotopic (exact) mass is 398 g/mol. The van der Waals surface area contributed by atoms with Crippen molar-refractivity contribution in [2.45, 2.75) is 19.4 Å². The van der Waals surface area contributed by atoms with Crippen molar-refractivity contribution >= 4 is 26.8 Å². The van der Waals surface area contributed by atoms with Gasteiger partial charge in [0.05, 0.1) is 33.8 Å². The van der Waals surface area contributed by atoms with E-state index in [4.69, 9.17) is 4.98 Å². The van der Waals surface area contributed by atoms with Gasteiger partial charge < -0.3 is 4.90 Å². The molecule has 0 saturated carbocycles. The Labute approximate surface area is 163 Å². The van der Waals surface area contributed by atoms with Gasteiger partial charge in [0.2, 0.25) is 0 Å². The van der Waals surface area contributed by atoms with Gasteiger partial charge in [-0.1, -0.05) is 30.3 Å². The molecule has 0 spiro atoms. The lowest BCUT2D eigenvalue weighted by molar-refractivity contribution is 0.0749. The van der Waals surface area contributed by atoms with Gasteiger partial charge in [-0.15, -0.1) is 0 Å². The van der Waals surface area contributed by atoms with Gasteiger partial charge in [0, 0.05) is 25.7 Å². The summed E-state index contributed by atoms with van der Waals surface area (Å²) in [7, 11) is 0.402. The van der Waals surface area contributed by atoms with E-state index in [1.165, 1.54) is 0 Å². The largest absolute Gasteiger partial charge is 0.338 e. The molecule has 0 N–H and O–H groups in total. The molecule has 8 heteroatoms. The highest BCUT2D eigenvalue weighted by molar-refractivity contribution is 7.91. The van der Waals surface area contributed by atoms with Crippen LogP contribution in [0.4, 0.5) is 0 Å². The summed E-state index contributed by atoms with van der Waals surface area (Å²) < 4.78 is 25.4. The van der Waals surface area contributed by atoms with Gasteiger partial charge in [-0.05, 0) is 19.4 Å². The zero-order chi connectivity index (χ0) is 20.1. The summed E-state index contributed by atoms with van der Waals surface area (Å²) in [5.74, 6) is -0.0636. The average molecular weight is 398 g/mol. The molecule has 7 nitrogen and oxygen atoms in total. The number of rotatable bonds is 3. The van der Waals surface area contributed by atoms with Crippen LogP contribution >= 0.6 is 0 Å². The van der Waals surface area contributed by atoms with Gasteiger partial charge in [0.1, 0.15) is 0 Å².